The van der Waals surface area contributed by atoms with Gasteiger partial charge in [0, 0.05) is 0 Å². The number of carbonyl (C=O) groups is 2. The second kappa shape index (κ2) is 3.36. The van der Waals surface area contributed by atoms with Crippen molar-refractivity contribution in [1.82, 2.24) is 0 Å². The molecule has 0 amide bonds. The lowest BCUT2D eigenvalue weighted by atomic mass is 10.0. The van der Waals surface area contributed by atoms with Crippen molar-refractivity contribution in [1.29, 1.82) is 0 Å². The van der Waals surface area contributed by atoms with Gasteiger partial charge in [-0.1, -0.05) is 0 Å². The maximum atomic E-state index is 11.2. The third kappa shape index (κ3) is 3.05. The SMILES string of the molecule is CC(C)(C)OC(=O)C[C@H]1COC1=O. The van der Waals surface area contributed by atoms with Crippen molar-refractivity contribution in [2.75, 3.05) is 6.61 Å². The first-order valence-corrected chi connectivity index (χ1v) is 4.27. The van der Waals surface area contributed by atoms with E-state index in [1.807, 2.05) is 0 Å². The van der Waals surface area contributed by atoms with Gasteiger partial charge in [0.2, 0.25) is 0 Å². The second-order valence-corrected chi connectivity index (χ2v) is 4.12. The molecule has 0 radical (unpaired) electrons. The molecule has 1 atom stereocenters. The third-order valence-electron chi connectivity index (χ3n) is 1.59. The summed E-state index contributed by atoms with van der Waals surface area (Å²) in [6.45, 7) is 5.73. The quantitative estimate of drug-likeness (QED) is 0.601. The molecule has 1 rings (SSSR count). The molecule has 13 heavy (non-hydrogen) atoms. The zero-order valence-electron chi connectivity index (χ0n) is 8.12. The lowest BCUT2D eigenvalue weighted by Crippen LogP contribution is -2.37. The molecule has 0 saturated carbocycles. The van der Waals surface area contributed by atoms with Crippen LogP contribution in [0.3, 0.4) is 0 Å². The van der Waals surface area contributed by atoms with Crippen molar-refractivity contribution in [2.45, 2.75) is 32.8 Å². The molecule has 0 spiro atoms. The lowest BCUT2D eigenvalue weighted by Gasteiger charge is -2.25. The summed E-state index contributed by atoms with van der Waals surface area (Å²) in [7, 11) is 0. The van der Waals surface area contributed by atoms with Crippen LogP contribution in [0.5, 0.6) is 0 Å². The van der Waals surface area contributed by atoms with Gasteiger partial charge in [-0.25, -0.2) is 0 Å². The minimum atomic E-state index is -0.481. The molecule has 0 bridgehead atoms. The number of carbonyl (C=O) groups excluding carboxylic acids is 2. The summed E-state index contributed by atoms with van der Waals surface area (Å²) >= 11 is 0. The van der Waals surface area contributed by atoms with Crippen LogP contribution in [0.15, 0.2) is 0 Å². The molecular formula is C9H14O4. The van der Waals surface area contributed by atoms with Gasteiger partial charge in [-0.05, 0) is 20.8 Å². The van der Waals surface area contributed by atoms with Crippen LogP contribution in [0.4, 0.5) is 0 Å². The highest BCUT2D eigenvalue weighted by atomic mass is 16.6. The van der Waals surface area contributed by atoms with E-state index in [0.29, 0.717) is 6.61 Å². The monoisotopic (exact) mass is 186 g/mol. The van der Waals surface area contributed by atoms with Crippen molar-refractivity contribution in [3.63, 3.8) is 0 Å². The summed E-state index contributed by atoms with van der Waals surface area (Å²) in [5.41, 5.74) is -0.481. The van der Waals surface area contributed by atoms with Crippen LogP contribution in [0.25, 0.3) is 0 Å². The fourth-order valence-corrected chi connectivity index (χ4v) is 0.996. The van der Waals surface area contributed by atoms with E-state index in [9.17, 15) is 9.59 Å². The van der Waals surface area contributed by atoms with Crippen LogP contribution in [-0.2, 0) is 19.1 Å². The van der Waals surface area contributed by atoms with Gasteiger partial charge in [-0.2, -0.15) is 0 Å². The topological polar surface area (TPSA) is 52.6 Å². The highest BCUT2D eigenvalue weighted by molar-refractivity contribution is 5.83. The van der Waals surface area contributed by atoms with Crippen LogP contribution >= 0.6 is 0 Å². The molecule has 0 unspecified atom stereocenters. The van der Waals surface area contributed by atoms with E-state index in [4.69, 9.17) is 4.74 Å². The van der Waals surface area contributed by atoms with Gasteiger partial charge in [-0.3, -0.25) is 9.59 Å². The molecule has 1 aliphatic rings. The molecule has 0 aromatic carbocycles. The van der Waals surface area contributed by atoms with Gasteiger partial charge in [-0.15, -0.1) is 0 Å². The van der Waals surface area contributed by atoms with Gasteiger partial charge in [0.15, 0.2) is 0 Å². The first-order chi connectivity index (χ1) is 5.88. The zero-order chi connectivity index (χ0) is 10.1. The second-order valence-electron chi connectivity index (χ2n) is 4.12. The third-order valence-corrected chi connectivity index (χ3v) is 1.59. The predicted molar refractivity (Wildman–Crippen MR) is 44.9 cm³/mol. The Balaban J connectivity index is 2.29. The smallest absolute Gasteiger partial charge is 0.313 e. The van der Waals surface area contributed by atoms with Crippen LogP contribution in [-0.4, -0.2) is 24.1 Å². The first-order valence-electron chi connectivity index (χ1n) is 4.27. The van der Waals surface area contributed by atoms with E-state index in [0.717, 1.165) is 0 Å². The minimum absolute atomic E-state index is 0.135. The molecule has 0 N–H and O–H groups in total. The van der Waals surface area contributed by atoms with Gasteiger partial charge in [0.1, 0.15) is 18.1 Å². The van der Waals surface area contributed by atoms with Crippen LogP contribution in [0.1, 0.15) is 27.2 Å². The minimum Gasteiger partial charge on any atom is -0.464 e. The van der Waals surface area contributed by atoms with Crippen molar-refractivity contribution < 1.29 is 19.1 Å². The molecule has 1 aliphatic heterocycles. The summed E-state index contributed by atoms with van der Waals surface area (Å²) in [5, 5.41) is 0. The first kappa shape index (κ1) is 10.0. The van der Waals surface area contributed by atoms with Crippen LogP contribution in [0.2, 0.25) is 0 Å². The average Bonchev–Trinajstić information content (AvgIpc) is 1.94. The Morgan fingerprint density at radius 1 is 1.62 bits per heavy atom. The molecule has 1 fully saturated rings. The highest BCUT2D eigenvalue weighted by Crippen LogP contribution is 2.18. The van der Waals surface area contributed by atoms with Gasteiger partial charge < -0.3 is 9.47 Å². The Bertz CT molecular complexity index is 226. The maximum Gasteiger partial charge on any atom is 0.313 e. The molecule has 0 aromatic rings. The standard InChI is InChI=1S/C9H14O4/c1-9(2,3)13-7(10)4-6-5-12-8(6)11/h6H,4-5H2,1-3H3/t6-/m0/s1. The Kier molecular flexibility index (Phi) is 2.59. The Morgan fingerprint density at radius 3 is 2.54 bits per heavy atom. The molecule has 4 nitrogen and oxygen atoms in total. The molecule has 0 aromatic heterocycles. The fraction of sp³-hybridized carbons (Fsp3) is 0.778. The molecule has 4 heteroatoms. The fourth-order valence-electron chi connectivity index (χ4n) is 0.996. The summed E-state index contributed by atoms with van der Waals surface area (Å²) < 4.78 is 9.57. The van der Waals surface area contributed by atoms with Gasteiger partial charge >= 0.3 is 11.9 Å². The maximum absolute atomic E-state index is 11.2. The Labute approximate surface area is 77.2 Å². The predicted octanol–water partition coefficient (Wildman–Crippen LogP) is 0.891. The highest BCUT2D eigenvalue weighted by Gasteiger charge is 2.34. The van der Waals surface area contributed by atoms with Crippen molar-refractivity contribution in [3.8, 4) is 0 Å². The largest absolute Gasteiger partial charge is 0.464 e. The van der Waals surface area contributed by atoms with Gasteiger partial charge in [0.25, 0.3) is 0 Å². The van der Waals surface area contributed by atoms with Gasteiger partial charge in [0.05, 0.1) is 6.42 Å². The van der Waals surface area contributed by atoms with E-state index in [1.165, 1.54) is 0 Å². The summed E-state index contributed by atoms with van der Waals surface area (Å²) in [5.74, 6) is -0.921. The summed E-state index contributed by atoms with van der Waals surface area (Å²) in [6, 6.07) is 0. The number of hydrogen-bond acceptors (Lipinski definition) is 4. The number of hydrogen-bond donors (Lipinski definition) is 0. The average molecular weight is 186 g/mol. The van der Waals surface area contributed by atoms with Crippen molar-refractivity contribution >= 4 is 11.9 Å². The molecule has 74 valence electrons. The van der Waals surface area contributed by atoms with Crippen LogP contribution in [0, 0.1) is 5.92 Å². The molecule has 1 saturated heterocycles. The van der Waals surface area contributed by atoms with E-state index in [2.05, 4.69) is 4.74 Å². The molecule has 0 aliphatic carbocycles. The van der Waals surface area contributed by atoms with E-state index < -0.39 is 5.60 Å². The van der Waals surface area contributed by atoms with E-state index in [-0.39, 0.29) is 24.3 Å². The Hall–Kier alpha value is -1.06. The zero-order valence-corrected chi connectivity index (χ0v) is 8.12. The number of rotatable bonds is 2. The van der Waals surface area contributed by atoms with E-state index >= 15 is 0 Å². The normalized spacial score (nSPS) is 21.8. The molecular weight excluding hydrogens is 172 g/mol. The summed E-state index contributed by atoms with van der Waals surface area (Å²) in [6.07, 6.45) is 0.135. The van der Waals surface area contributed by atoms with Crippen molar-refractivity contribution in [2.24, 2.45) is 5.92 Å². The van der Waals surface area contributed by atoms with E-state index in [1.54, 1.807) is 20.8 Å². The number of cyclic esters (lactones) is 1. The Morgan fingerprint density at radius 2 is 2.23 bits per heavy atom. The van der Waals surface area contributed by atoms with Crippen LogP contribution < -0.4 is 0 Å². The molecule has 1 heterocycles. The lowest BCUT2D eigenvalue weighted by molar-refractivity contribution is -0.176. The number of esters is 2. The number of ether oxygens (including phenoxy) is 2. The summed E-state index contributed by atoms with van der Waals surface area (Å²) in [4.78, 5) is 21.9. The van der Waals surface area contributed by atoms with Crippen molar-refractivity contribution in [3.05, 3.63) is 0 Å².